The van der Waals surface area contributed by atoms with E-state index in [0.29, 0.717) is 36.1 Å². The molecule has 2 aliphatic rings. The Morgan fingerprint density at radius 3 is 2.67 bits per heavy atom. The first-order valence-corrected chi connectivity index (χ1v) is 8.99. The van der Waals surface area contributed by atoms with Crippen LogP contribution in [0.5, 0.6) is 0 Å². The molecule has 3 heterocycles. The fraction of sp³-hybridized carbons (Fsp3) is 0.769. The second kappa shape index (κ2) is 5.67. The highest BCUT2D eigenvalue weighted by Crippen LogP contribution is 2.38. The third kappa shape index (κ3) is 3.52. The van der Waals surface area contributed by atoms with Gasteiger partial charge >= 0.3 is 16.4 Å². The molecule has 2 amide bonds. The van der Waals surface area contributed by atoms with Gasteiger partial charge in [-0.05, 0) is 18.3 Å². The fourth-order valence-electron chi connectivity index (χ4n) is 3.01. The number of amides is 2. The molecule has 0 aromatic carbocycles. The van der Waals surface area contributed by atoms with Gasteiger partial charge in [0.15, 0.2) is 0 Å². The molecule has 24 heavy (non-hydrogen) atoms. The van der Waals surface area contributed by atoms with E-state index in [9.17, 15) is 13.2 Å². The van der Waals surface area contributed by atoms with Gasteiger partial charge in [-0.1, -0.05) is 20.8 Å². The van der Waals surface area contributed by atoms with Crippen molar-refractivity contribution in [1.82, 2.24) is 20.2 Å². The van der Waals surface area contributed by atoms with Gasteiger partial charge in [0.25, 0.3) is 0 Å². The predicted octanol–water partition coefficient (Wildman–Crippen LogP) is 1.33. The Morgan fingerprint density at radius 1 is 1.33 bits per heavy atom. The number of hydrogen-bond acceptors (Lipinski definition) is 7. The van der Waals surface area contributed by atoms with Crippen LogP contribution in [0.2, 0.25) is 0 Å². The molecular formula is C13H20N4O6S. The highest BCUT2D eigenvalue weighted by Gasteiger charge is 2.49. The average molecular weight is 360 g/mol. The van der Waals surface area contributed by atoms with E-state index in [1.165, 1.54) is 4.90 Å². The van der Waals surface area contributed by atoms with Gasteiger partial charge in [-0.25, -0.2) is 4.79 Å². The first kappa shape index (κ1) is 17.1. The maximum absolute atomic E-state index is 12.3. The Labute approximate surface area is 139 Å². The number of carbonyl (C=O) groups excluding carboxylic acids is 1. The van der Waals surface area contributed by atoms with Gasteiger partial charge in [-0.2, -0.15) is 13.5 Å². The topological polar surface area (TPSA) is 126 Å². The Bertz CT molecular complexity index is 740. The molecule has 3 rings (SSSR count). The van der Waals surface area contributed by atoms with Crippen LogP contribution in [0.3, 0.4) is 0 Å². The lowest BCUT2D eigenvalue weighted by Gasteiger charge is -2.27. The fourth-order valence-corrected chi connectivity index (χ4v) is 3.40. The molecule has 1 aromatic rings. The molecule has 1 N–H and O–H groups in total. The molecule has 2 fully saturated rings. The molecule has 0 unspecified atom stereocenters. The Morgan fingerprint density at radius 2 is 2.04 bits per heavy atom. The van der Waals surface area contributed by atoms with Crippen molar-refractivity contribution in [2.24, 2.45) is 5.41 Å². The zero-order valence-electron chi connectivity index (χ0n) is 13.7. The summed E-state index contributed by atoms with van der Waals surface area (Å²) in [5.74, 6) is 0.826. The predicted molar refractivity (Wildman–Crippen MR) is 79.8 cm³/mol. The summed E-state index contributed by atoms with van der Waals surface area (Å²) in [6, 6.07) is -1.51. The summed E-state index contributed by atoms with van der Waals surface area (Å²) >= 11 is 0. The third-order valence-corrected chi connectivity index (χ3v) is 4.30. The molecule has 1 aromatic heterocycles. The molecule has 0 radical (unpaired) electrons. The maximum Gasteiger partial charge on any atom is 0.418 e. The monoisotopic (exact) mass is 360 g/mol. The minimum absolute atomic E-state index is 0.00888. The summed E-state index contributed by atoms with van der Waals surface area (Å²) in [6.07, 6.45) is 1.65. The number of hydroxylamine groups is 2. The summed E-state index contributed by atoms with van der Waals surface area (Å²) in [5, 5.41) is 8.76. The average Bonchev–Trinajstić information content (AvgIpc) is 2.96. The SMILES string of the molecule is CC(C)(C)Cc1nnc([C@@H]2CC[C@@H]3CN2C(=O)N3OS(=O)(=O)O)o1. The van der Waals surface area contributed by atoms with Crippen LogP contribution in [-0.2, 0) is 21.1 Å². The van der Waals surface area contributed by atoms with Gasteiger partial charge in [-0.15, -0.1) is 14.5 Å². The van der Waals surface area contributed by atoms with Crippen molar-refractivity contribution in [2.45, 2.75) is 52.1 Å². The number of nitrogens with zero attached hydrogens (tertiary/aromatic N) is 4. The lowest BCUT2D eigenvalue weighted by molar-refractivity contribution is -0.0317. The summed E-state index contributed by atoms with van der Waals surface area (Å²) in [7, 11) is -4.75. The van der Waals surface area contributed by atoms with E-state index in [1.54, 1.807) is 0 Å². The quantitative estimate of drug-likeness (QED) is 0.797. The Hall–Kier alpha value is -1.72. The van der Waals surface area contributed by atoms with Crippen molar-refractivity contribution in [3.05, 3.63) is 11.8 Å². The molecule has 0 aliphatic carbocycles. The van der Waals surface area contributed by atoms with Crippen LogP contribution in [0, 0.1) is 5.41 Å². The lowest BCUT2D eigenvalue weighted by Crippen LogP contribution is -2.35. The Kier molecular flexibility index (Phi) is 4.04. The van der Waals surface area contributed by atoms with E-state index in [4.69, 9.17) is 8.97 Å². The molecule has 2 bridgehead atoms. The second-order valence-corrected chi connectivity index (χ2v) is 8.29. The molecule has 10 nitrogen and oxygen atoms in total. The molecule has 0 saturated carbocycles. The molecule has 2 aliphatic heterocycles. The van der Waals surface area contributed by atoms with Crippen LogP contribution in [0.15, 0.2) is 4.42 Å². The van der Waals surface area contributed by atoms with Crippen LogP contribution < -0.4 is 0 Å². The minimum Gasteiger partial charge on any atom is -0.423 e. The standard InChI is InChI=1S/C13H20N4O6S/c1-13(2,3)6-10-14-15-11(22-10)9-5-4-8-7-16(9)12(18)17(8)23-24(19,20)21/h8-9H,4-7H2,1-3H3,(H,19,20,21)/t8-,9+/m1/s1. The van der Waals surface area contributed by atoms with Gasteiger partial charge in [0.2, 0.25) is 11.8 Å². The Balaban J connectivity index is 1.77. The first-order chi connectivity index (χ1) is 11.0. The zero-order chi connectivity index (χ0) is 17.7. The largest absolute Gasteiger partial charge is 0.423 e. The highest BCUT2D eigenvalue weighted by molar-refractivity contribution is 7.80. The van der Waals surface area contributed by atoms with Gasteiger partial charge in [-0.3, -0.25) is 4.55 Å². The van der Waals surface area contributed by atoms with E-state index >= 15 is 0 Å². The highest BCUT2D eigenvalue weighted by atomic mass is 32.3. The summed E-state index contributed by atoms with van der Waals surface area (Å²) in [4.78, 5) is 13.8. The van der Waals surface area contributed by atoms with Crippen molar-refractivity contribution >= 4 is 16.4 Å². The van der Waals surface area contributed by atoms with Gasteiger partial charge in [0.05, 0.1) is 6.04 Å². The van der Waals surface area contributed by atoms with E-state index in [0.717, 1.165) is 0 Å². The molecule has 2 atom stereocenters. The van der Waals surface area contributed by atoms with E-state index in [-0.39, 0.29) is 12.0 Å². The number of hydrogen-bond donors (Lipinski definition) is 1. The van der Waals surface area contributed by atoms with Gasteiger partial charge in [0.1, 0.15) is 6.04 Å². The van der Waals surface area contributed by atoms with Crippen LogP contribution in [0.1, 0.15) is 51.4 Å². The molecule has 0 spiro atoms. The summed E-state index contributed by atoms with van der Waals surface area (Å²) in [5.41, 5.74) is -0.00888. The minimum atomic E-state index is -4.75. The number of fused-ring (bicyclic) bond motifs is 2. The van der Waals surface area contributed by atoms with Gasteiger partial charge < -0.3 is 9.32 Å². The normalized spacial score (nSPS) is 24.8. The maximum atomic E-state index is 12.3. The van der Waals surface area contributed by atoms with E-state index in [2.05, 4.69) is 35.3 Å². The molecule has 2 saturated heterocycles. The number of aromatic nitrogens is 2. The van der Waals surface area contributed by atoms with Crippen LogP contribution in [-0.4, -0.2) is 51.7 Å². The van der Waals surface area contributed by atoms with Crippen LogP contribution in [0.4, 0.5) is 4.79 Å². The molecular weight excluding hydrogens is 340 g/mol. The van der Waals surface area contributed by atoms with Gasteiger partial charge in [0, 0.05) is 13.0 Å². The first-order valence-electron chi connectivity index (χ1n) is 7.63. The van der Waals surface area contributed by atoms with E-state index < -0.39 is 28.5 Å². The van der Waals surface area contributed by atoms with Crippen molar-refractivity contribution in [3.8, 4) is 0 Å². The zero-order valence-corrected chi connectivity index (χ0v) is 14.5. The van der Waals surface area contributed by atoms with Crippen molar-refractivity contribution < 1.29 is 26.5 Å². The number of piperidine rings is 1. The smallest absolute Gasteiger partial charge is 0.418 e. The number of rotatable bonds is 4. The summed E-state index contributed by atoms with van der Waals surface area (Å²) < 4.78 is 40.7. The van der Waals surface area contributed by atoms with E-state index in [1.807, 2.05) is 0 Å². The molecule has 11 heteroatoms. The lowest BCUT2D eigenvalue weighted by atomic mass is 9.92. The number of carbonyl (C=O) groups is 1. The van der Waals surface area contributed by atoms with Crippen LogP contribution >= 0.6 is 0 Å². The second-order valence-electron chi connectivity index (χ2n) is 7.28. The third-order valence-electron chi connectivity index (χ3n) is 3.95. The molecule has 134 valence electrons. The van der Waals surface area contributed by atoms with Crippen molar-refractivity contribution in [3.63, 3.8) is 0 Å². The summed E-state index contributed by atoms with van der Waals surface area (Å²) in [6.45, 7) is 6.43. The van der Waals surface area contributed by atoms with Crippen LogP contribution in [0.25, 0.3) is 0 Å². The van der Waals surface area contributed by atoms with Crippen molar-refractivity contribution in [2.75, 3.05) is 6.54 Å². The van der Waals surface area contributed by atoms with Crippen molar-refractivity contribution in [1.29, 1.82) is 0 Å². The number of urea groups is 1.